The maximum atomic E-state index is 11.3. The molecule has 0 radical (unpaired) electrons. The molecule has 0 amide bonds. The molecular weight excluding hydrogens is 437 g/mol. The predicted molar refractivity (Wildman–Crippen MR) is 120 cm³/mol. The van der Waals surface area contributed by atoms with Crippen LogP contribution in [0.25, 0.3) is 0 Å². The Morgan fingerprint density at radius 1 is 1.13 bits per heavy atom. The summed E-state index contributed by atoms with van der Waals surface area (Å²) in [6.07, 6.45) is -0.0133. The van der Waals surface area contributed by atoms with Gasteiger partial charge in [0.2, 0.25) is 6.23 Å². The molecule has 0 N–H and O–H groups in total. The van der Waals surface area contributed by atoms with Crippen molar-refractivity contribution >= 4 is 34.6 Å². The number of rotatable bonds is 3. The van der Waals surface area contributed by atoms with Crippen molar-refractivity contribution in [2.45, 2.75) is 25.6 Å². The molecule has 0 aromatic heterocycles. The number of aryl methyl sites for hydroxylation is 1. The zero-order valence-corrected chi connectivity index (χ0v) is 18.0. The second-order valence-electron chi connectivity index (χ2n) is 7.64. The molecule has 3 aromatic carbocycles. The molecule has 2 aliphatic rings. The fourth-order valence-electron chi connectivity index (χ4n) is 4.05. The first-order valence-corrected chi connectivity index (χ1v) is 10.5. The van der Waals surface area contributed by atoms with Gasteiger partial charge in [0.05, 0.1) is 21.7 Å². The highest BCUT2D eigenvalue weighted by Gasteiger charge is 2.42. The highest BCUT2D eigenvalue weighted by molar-refractivity contribution is 6.35. The Morgan fingerprint density at radius 3 is 2.65 bits per heavy atom. The molecule has 0 saturated heterocycles. The van der Waals surface area contributed by atoms with Crippen LogP contribution in [0.15, 0.2) is 65.8 Å². The van der Waals surface area contributed by atoms with Crippen molar-refractivity contribution in [2.75, 3.05) is 0 Å². The summed E-state index contributed by atoms with van der Waals surface area (Å²) in [6, 6.07) is 17.9. The lowest BCUT2D eigenvalue weighted by atomic mass is 9.95. The first-order chi connectivity index (χ1) is 14.9. The number of nitro benzene ring substituents is 1. The van der Waals surface area contributed by atoms with Gasteiger partial charge in [0.15, 0.2) is 0 Å². The molecule has 0 fully saturated rings. The Bertz CT molecular complexity index is 1230. The quantitative estimate of drug-likeness (QED) is 0.337. The van der Waals surface area contributed by atoms with Gasteiger partial charge < -0.3 is 4.74 Å². The molecule has 6 nitrogen and oxygen atoms in total. The average Bonchev–Trinajstić information content (AvgIpc) is 3.19. The molecule has 5 rings (SSSR count). The van der Waals surface area contributed by atoms with E-state index in [2.05, 4.69) is 0 Å². The van der Waals surface area contributed by atoms with E-state index in [1.165, 1.54) is 17.7 Å². The lowest BCUT2D eigenvalue weighted by Crippen LogP contribution is -2.33. The van der Waals surface area contributed by atoms with Crippen LogP contribution in [-0.2, 0) is 0 Å². The van der Waals surface area contributed by atoms with Gasteiger partial charge in [-0.1, -0.05) is 65.2 Å². The zero-order valence-electron chi connectivity index (χ0n) is 16.5. The fraction of sp³-hybridized carbons (Fsp3) is 0.174. The molecular formula is C23H17Cl2N3O3. The van der Waals surface area contributed by atoms with Crippen LogP contribution in [0, 0.1) is 17.0 Å². The third kappa shape index (κ3) is 3.52. The second-order valence-corrected chi connectivity index (χ2v) is 8.48. The number of fused-ring (bicyclic) bond motifs is 3. The van der Waals surface area contributed by atoms with Crippen LogP contribution in [0.3, 0.4) is 0 Å². The molecule has 31 heavy (non-hydrogen) atoms. The van der Waals surface area contributed by atoms with Gasteiger partial charge in [-0.25, -0.2) is 5.01 Å². The normalized spacial score (nSPS) is 19.3. The van der Waals surface area contributed by atoms with Crippen LogP contribution >= 0.6 is 23.2 Å². The van der Waals surface area contributed by atoms with Gasteiger partial charge in [-0.2, -0.15) is 5.10 Å². The van der Waals surface area contributed by atoms with Crippen molar-refractivity contribution < 1.29 is 9.66 Å². The van der Waals surface area contributed by atoms with Crippen LogP contribution in [0.5, 0.6) is 5.75 Å². The maximum Gasteiger partial charge on any atom is 0.269 e. The molecule has 0 spiro atoms. The van der Waals surface area contributed by atoms with E-state index in [0.29, 0.717) is 27.8 Å². The van der Waals surface area contributed by atoms with Crippen LogP contribution < -0.4 is 4.74 Å². The van der Waals surface area contributed by atoms with Gasteiger partial charge in [0, 0.05) is 34.7 Å². The molecule has 0 bridgehead atoms. The number of hydrazone groups is 1. The van der Waals surface area contributed by atoms with Gasteiger partial charge in [-0.05, 0) is 24.6 Å². The Labute approximate surface area is 188 Å². The number of hydrogen-bond acceptors (Lipinski definition) is 5. The second kappa shape index (κ2) is 7.55. The third-order valence-electron chi connectivity index (χ3n) is 5.56. The van der Waals surface area contributed by atoms with Crippen molar-refractivity contribution in [1.29, 1.82) is 0 Å². The molecule has 0 aliphatic carbocycles. The first-order valence-electron chi connectivity index (χ1n) is 9.73. The lowest BCUT2D eigenvalue weighted by molar-refractivity contribution is -0.385. The monoisotopic (exact) mass is 453 g/mol. The maximum absolute atomic E-state index is 11.3. The van der Waals surface area contributed by atoms with E-state index >= 15 is 0 Å². The predicted octanol–water partition coefficient (Wildman–Crippen LogP) is 6.45. The van der Waals surface area contributed by atoms with E-state index in [1.54, 1.807) is 18.2 Å². The summed E-state index contributed by atoms with van der Waals surface area (Å²) < 4.78 is 6.26. The number of non-ortho nitro benzene ring substituents is 1. The van der Waals surface area contributed by atoms with E-state index in [0.717, 1.165) is 16.8 Å². The Balaban J connectivity index is 1.63. The number of nitrogens with zero attached hydrogens (tertiary/aromatic N) is 3. The highest BCUT2D eigenvalue weighted by atomic mass is 35.5. The van der Waals surface area contributed by atoms with E-state index < -0.39 is 11.2 Å². The zero-order chi connectivity index (χ0) is 21.7. The van der Waals surface area contributed by atoms with Gasteiger partial charge >= 0.3 is 0 Å². The first kappa shape index (κ1) is 19.8. The van der Waals surface area contributed by atoms with Crippen molar-refractivity contribution in [1.82, 2.24) is 5.01 Å². The van der Waals surface area contributed by atoms with Crippen molar-refractivity contribution in [3.8, 4) is 5.75 Å². The molecule has 156 valence electrons. The number of nitro groups is 1. The minimum atomic E-state index is -0.654. The summed E-state index contributed by atoms with van der Waals surface area (Å²) >= 11 is 12.8. The van der Waals surface area contributed by atoms with E-state index in [1.807, 2.05) is 42.3 Å². The summed E-state index contributed by atoms with van der Waals surface area (Å²) in [6.45, 7) is 2.04. The number of ether oxygens (including phenoxy) is 1. The minimum absolute atomic E-state index is 0.00687. The van der Waals surface area contributed by atoms with Crippen LogP contribution in [0.2, 0.25) is 10.0 Å². The van der Waals surface area contributed by atoms with Gasteiger partial charge in [0.1, 0.15) is 5.75 Å². The summed E-state index contributed by atoms with van der Waals surface area (Å²) in [5, 5.41) is 18.9. The summed E-state index contributed by atoms with van der Waals surface area (Å²) in [5.41, 5.74) is 4.57. The molecule has 8 heteroatoms. The molecule has 3 aromatic rings. The molecule has 2 aliphatic heterocycles. The van der Waals surface area contributed by atoms with Crippen molar-refractivity contribution in [2.24, 2.45) is 5.10 Å². The van der Waals surface area contributed by atoms with Crippen molar-refractivity contribution in [3.05, 3.63) is 103 Å². The smallest absolute Gasteiger partial charge is 0.269 e. The van der Waals surface area contributed by atoms with Crippen LogP contribution in [0.4, 0.5) is 5.69 Å². The summed E-state index contributed by atoms with van der Waals surface area (Å²) in [7, 11) is 0. The Hall–Kier alpha value is -3.09. The van der Waals surface area contributed by atoms with Gasteiger partial charge in [-0.15, -0.1) is 0 Å². The summed E-state index contributed by atoms with van der Waals surface area (Å²) in [5.74, 6) is 0.532. The fourth-order valence-corrected chi connectivity index (χ4v) is 4.60. The third-order valence-corrected chi connectivity index (χ3v) is 6.06. The SMILES string of the molecule is Cc1ccc(C2=NN3C(C2)c2cc(Cl)cc(Cl)c2OC3c2cccc([N+](=O)[O-])c2)cc1. The van der Waals surface area contributed by atoms with E-state index in [4.69, 9.17) is 33.0 Å². The summed E-state index contributed by atoms with van der Waals surface area (Å²) in [4.78, 5) is 10.9. The molecule has 2 unspecified atom stereocenters. The van der Waals surface area contributed by atoms with Crippen LogP contribution in [-0.4, -0.2) is 15.6 Å². The lowest BCUT2D eigenvalue weighted by Gasteiger charge is -2.38. The van der Waals surface area contributed by atoms with Gasteiger partial charge in [-0.3, -0.25) is 10.1 Å². The van der Waals surface area contributed by atoms with E-state index in [-0.39, 0.29) is 11.7 Å². The van der Waals surface area contributed by atoms with Crippen LogP contribution in [0.1, 0.15) is 40.9 Å². The van der Waals surface area contributed by atoms with E-state index in [9.17, 15) is 10.1 Å². The largest absolute Gasteiger partial charge is 0.463 e. The standard InChI is InChI=1S/C23H17Cl2N3O3/c1-13-5-7-14(8-6-13)20-12-21-18-10-16(24)11-19(25)22(18)31-23(27(21)26-20)15-3-2-4-17(9-15)28(29)30/h2-11,21,23H,12H2,1H3. The minimum Gasteiger partial charge on any atom is -0.463 e. The van der Waals surface area contributed by atoms with Crippen molar-refractivity contribution in [3.63, 3.8) is 0 Å². The Morgan fingerprint density at radius 2 is 1.90 bits per heavy atom. The highest BCUT2D eigenvalue weighted by Crippen LogP contribution is 2.51. The molecule has 2 heterocycles. The number of hydrogen-bond donors (Lipinski definition) is 0. The van der Waals surface area contributed by atoms with Gasteiger partial charge in [0.25, 0.3) is 5.69 Å². The Kier molecular flexibility index (Phi) is 4.84. The molecule has 2 atom stereocenters. The number of halogens is 2. The number of benzene rings is 3. The average molecular weight is 454 g/mol. The topological polar surface area (TPSA) is 68.0 Å². The molecule has 0 saturated carbocycles.